The van der Waals surface area contributed by atoms with Gasteiger partial charge in [-0.1, -0.05) is 13.8 Å². The summed E-state index contributed by atoms with van der Waals surface area (Å²) in [6.45, 7) is 6.30. The van der Waals surface area contributed by atoms with E-state index in [2.05, 4.69) is 5.32 Å². The molecular formula is C19H26N2O5. The molecule has 0 aliphatic rings. The van der Waals surface area contributed by atoms with Crippen LogP contribution in [-0.4, -0.2) is 30.9 Å². The average Bonchev–Trinajstić information content (AvgIpc) is 2.67. The van der Waals surface area contributed by atoms with E-state index in [1.165, 1.54) is 18.8 Å². The summed E-state index contributed by atoms with van der Waals surface area (Å²) in [4.78, 5) is 24.9. The number of nitrogens with one attached hydrogen (secondary N) is 1. The molecule has 1 aromatic carbocycles. The number of rotatable bonds is 7. The Morgan fingerprint density at radius 2 is 1.62 bits per heavy atom. The van der Waals surface area contributed by atoms with E-state index in [0.29, 0.717) is 34.6 Å². The normalized spacial score (nSPS) is 10.8. The van der Waals surface area contributed by atoms with Crippen LogP contribution in [0.15, 0.2) is 23.1 Å². The molecule has 0 atom stereocenters. The first-order valence-corrected chi connectivity index (χ1v) is 8.76. The molecule has 0 aliphatic heterocycles. The number of ether oxygens (including phenoxy) is 3. The van der Waals surface area contributed by atoms with Crippen LogP contribution in [0.3, 0.4) is 0 Å². The van der Waals surface area contributed by atoms with Gasteiger partial charge in [-0.3, -0.25) is 4.79 Å². The lowest BCUT2D eigenvalue weighted by atomic mass is 10.1. The SMILES string of the molecule is CCC(CC)NC(=O)Oc1cn(CC)c(=O)c2cc(OC)c(OC)cc12. The van der Waals surface area contributed by atoms with Gasteiger partial charge >= 0.3 is 6.09 Å². The van der Waals surface area contributed by atoms with Gasteiger partial charge in [0.1, 0.15) is 0 Å². The first-order valence-electron chi connectivity index (χ1n) is 8.76. The summed E-state index contributed by atoms with van der Waals surface area (Å²) < 4.78 is 17.6. The third-order valence-electron chi connectivity index (χ3n) is 4.40. The molecule has 0 aliphatic carbocycles. The number of aryl methyl sites for hydroxylation is 1. The molecule has 26 heavy (non-hydrogen) atoms. The Bertz CT molecular complexity index is 840. The van der Waals surface area contributed by atoms with Crippen LogP contribution in [0.25, 0.3) is 10.8 Å². The number of carbonyl (C=O) groups excluding carboxylic acids is 1. The van der Waals surface area contributed by atoms with E-state index in [1.807, 2.05) is 20.8 Å². The third-order valence-corrected chi connectivity index (χ3v) is 4.40. The second-order valence-corrected chi connectivity index (χ2v) is 5.88. The van der Waals surface area contributed by atoms with Crippen LogP contribution in [0.4, 0.5) is 4.79 Å². The topological polar surface area (TPSA) is 78.8 Å². The minimum atomic E-state index is -0.545. The molecule has 0 radical (unpaired) electrons. The smallest absolute Gasteiger partial charge is 0.412 e. The van der Waals surface area contributed by atoms with Crippen molar-refractivity contribution in [3.05, 3.63) is 28.7 Å². The van der Waals surface area contributed by atoms with Crippen LogP contribution in [0.5, 0.6) is 17.2 Å². The number of hydrogen-bond acceptors (Lipinski definition) is 5. The van der Waals surface area contributed by atoms with Gasteiger partial charge in [0.25, 0.3) is 5.56 Å². The molecule has 7 nitrogen and oxygen atoms in total. The average molecular weight is 362 g/mol. The Hall–Kier alpha value is -2.70. The fourth-order valence-electron chi connectivity index (χ4n) is 2.79. The first-order chi connectivity index (χ1) is 12.5. The number of carbonyl (C=O) groups is 1. The Balaban J connectivity index is 2.55. The molecule has 1 N–H and O–H groups in total. The Morgan fingerprint density at radius 3 is 2.12 bits per heavy atom. The van der Waals surface area contributed by atoms with Gasteiger partial charge in [0.15, 0.2) is 17.2 Å². The predicted molar refractivity (Wildman–Crippen MR) is 101 cm³/mol. The largest absolute Gasteiger partial charge is 0.493 e. The van der Waals surface area contributed by atoms with Crippen molar-refractivity contribution in [1.29, 1.82) is 0 Å². The molecular weight excluding hydrogens is 336 g/mol. The lowest BCUT2D eigenvalue weighted by Crippen LogP contribution is -2.36. The standard InChI is InChI=1S/C19H26N2O5/c1-6-12(7-2)20-19(23)26-17-11-21(8-3)18(22)14-10-16(25-5)15(24-4)9-13(14)17/h9-12H,6-8H2,1-5H3,(H,20,23). The fraction of sp³-hybridized carbons (Fsp3) is 0.474. The van der Waals surface area contributed by atoms with Crippen molar-refractivity contribution >= 4 is 16.9 Å². The highest BCUT2D eigenvalue weighted by Crippen LogP contribution is 2.34. The highest BCUT2D eigenvalue weighted by atomic mass is 16.6. The van der Waals surface area contributed by atoms with Crippen molar-refractivity contribution in [3.8, 4) is 17.2 Å². The molecule has 1 amide bonds. The van der Waals surface area contributed by atoms with E-state index in [9.17, 15) is 9.59 Å². The van der Waals surface area contributed by atoms with Crippen molar-refractivity contribution in [2.75, 3.05) is 14.2 Å². The van der Waals surface area contributed by atoms with Crippen molar-refractivity contribution in [1.82, 2.24) is 9.88 Å². The number of benzene rings is 1. The number of methoxy groups -OCH3 is 2. The Morgan fingerprint density at radius 1 is 1.04 bits per heavy atom. The number of hydrogen-bond donors (Lipinski definition) is 1. The van der Waals surface area contributed by atoms with Gasteiger partial charge in [0.05, 0.1) is 25.8 Å². The zero-order chi connectivity index (χ0) is 19.3. The summed E-state index contributed by atoms with van der Waals surface area (Å²) in [6.07, 6.45) is 2.62. The summed E-state index contributed by atoms with van der Waals surface area (Å²) in [6, 6.07) is 3.30. The second kappa shape index (κ2) is 8.60. The van der Waals surface area contributed by atoms with E-state index < -0.39 is 6.09 Å². The van der Waals surface area contributed by atoms with Crippen LogP contribution in [-0.2, 0) is 6.54 Å². The number of pyridine rings is 1. The van der Waals surface area contributed by atoms with Crippen LogP contribution in [0.2, 0.25) is 0 Å². The molecule has 0 saturated carbocycles. The first kappa shape index (κ1) is 19.6. The quantitative estimate of drug-likeness (QED) is 0.817. The summed E-state index contributed by atoms with van der Waals surface area (Å²) in [7, 11) is 3.02. The van der Waals surface area contributed by atoms with E-state index in [0.717, 1.165) is 12.8 Å². The van der Waals surface area contributed by atoms with Gasteiger partial charge in [-0.25, -0.2) is 4.79 Å². The maximum atomic E-state index is 12.6. The van der Waals surface area contributed by atoms with E-state index in [1.54, 1.807) is 18.3 Å². The van der Waals surface area contributed by atoms with Gasteiger partial charge in [0, 0.05) is 18.0 Å². The van der Waals surface area contributed by atoms with Crippen molar-refractivity contribution < 1.29 is 19.0 Å². The van der Waals surface area contributed by atoms with Crippen molar-refractivity contribution in [2.24, 2.45) is 0 Å². The van der Waals surface area contributed by atoms with Crippen LogP contribution in [0, 0.1) is 0 Å². The summed E-state index contributed by atoms with van der Waals surface area (Å²) >= 11 is 0. The number of fused-ring (bicyclic) bond motifs is 1. The number of aromatic nitrogens is 1. The minimum absolute atomic E-state index is 0.0421. The minimum Gasteiger partial charge on any atom is -0.493 e. The van der Waals surface area contributed by atoms with Gasteiger partial charge in [-0.2, -0.15) is 0 Å². The molecule has 2 rings (SSSR count). The van der Waals surface area contributed by atoms with Crippen LogP contribution < -0.4 is 25.1 Å². The molecule has 0 saturated heterocycles. The number of nitrogens with zero attached hydrogens (tertiary/aromatic N) is 1. The Kier molecular flexibility index (Phi) is 6.49. The van der Waals surface area contributed by atoms with Crippen LogP contribution in [0.1, 0.15) is 33.6 Å². The highest BCUT2D eigenvalue weighted by molar-refractivity contribution is 5.92. The third kappa shape index (κ3) is 3.92. The second-order valence-electron chi connectivity index (χ2n) is 5.88. The van der Waals surface area contributed by atoms with Gasteiger partial charge < -0.3 is 24.1 Å². The molecule has 1 aromatic heterocycles. The van der Waals surface area contributed by atoms with E-state index in [-0.39, 0.29) is 11.6 Å². The highest BCUT2D eigenvalue weighted by Gasteiger charge is 2.17. The maximum absolute atomic E-state index is 12.6. The molecule has 142 valence electrons. The molecule has 0 spiro atoms. The predicted octanol–water partition coefficient (Wildman–Crippen LogP) is 3.32. The summed E-state index contributed by atoms with van der Waals surface area (Å²) in [5.41, 5.74) is -0.184. The monoisotopic (exact) mass is 362 g/mol. The lowest BCUT2D eigenvalue weighted by molar-refractivity contribution is 0.195. The molecule has 0 bridgehead atoms. The maximum Gasteiger partial charge on any atom is 0.412 e. The van der Waals surface area contributed by atoms with Gasteiger partial charge in [0.2, 0.25) is 0 Å². The van der Waals surface area contributed by atoms with Crippen LogP contribution >= 0.6 is 0 Å². The van der Waals surface area contributed by atoms with E-state index >= 15 is 0 Å². The lowest BCUT2D eigenvalue weighted by Gasteiger charge is -2.17. The van der Waals surface area contributed by atoms with Crippen molar-refractivity contribution in [3.63, 3.8) is 0 Å². The molecule has 0 fully saturated rings. The molecule has 1 heterocycles. The summed E-state index contributed by atoms with van der Waals surface area (Å²) in [5, 5.41) is 3.73. The summed E-state index contributed by atoms with van der Waals surface area (Å²) in [5.74, 6) is 1.20. The Labute approximate surface area is 152 Å². The zero-order valence-electron chi connectivity index (χ0n) is 15.9. The van der Waals surface area contributed by atoms with Gasteiger partial charge in [-0.05, 0) is 31.9 Å². The molecule has 0 unspecified atom stereocenters. The molecule has 2 aromatic rings. The van der Waals surface area contributed by atoms with E-state index in [4.69, 9.17) is 14.2 Å². The fourth-order valence-corrected chi connectivity index (χ4v) is 2.79. The molecule has 7 heteroatoms. The van der Waals surface area contributed by atoms with Crippen molar-refractivity contribution in [2.45, 2.75) is 46.2 Å². The zero-order valence-corrected chi connectivity index (χ0v) is 15.9. The van der Waals surface area contributed by atoms with Gasteiger partial charge in [-0.15, -0.1) is 0 Å². The number of amides is 1.